The van der Waals surface area contributed by atoms with Crippen LogP contribution in [0, 0.1) is 0 Å². The topological polar surface area (TPSA) is 61.4 Å². The summed E-state index contributed by atoms with van der Waals surface area (Å²) in [7, 11) is 0. The lowest BCUT2D eigenvalue weighted by Crippen LogP contribution is -2.50. The molecule has 1 aromatic heterocycles. The molecule has 1 aliphatic heterocycles. The van der Waals surface area contributed by atoms with Crippen LogP contribution in [0.25, 0.3) is 0 Å². The first kappa shape index (κ1) is 22.1. The van der Waals surface area contributed by atoms with Crippen molar-refractivity contribution >= 4 is 28.8 Å². The molecule has 0 fully saturated rings. The number of halogens is 3. The molecule has 3 rings (SSSR count). The van der Waals surface area contributed by atoms with Crippen LogP contribution >= 0.6 is 11.3 Å². The van der Waals surface area contributed by atoms with Crippen molar-refractivity contribution in [3.05, 3.63) is 51.7 Å². The first-order valence-corrected chi connectivity index (χ1v) is 10.7. The molecule has 2 N–H and O–H groups in total. The van der Waals surface area contributed by atoms with Gasteiger partial charge in [0.05, 0.1) is 12.1 Å². The molecule has 162 valence electrons. The lowest BCUT2D eigenvalue weighted by molar-refractivity contribution is -0.137. The molecule has 1 aliphatic rings. The number of amides is 2. The Labute approximate surface area is 177 Å². The maximum absolute atomic E-state index is 13.0. The van der Waals surface area contributed by atoms with E-state index in [1.807, 2.05) is 18.4 Å². The normalized spacial score (nSPS) is 14.7. The zero-order valence-electron chi connectivity index (χ0n) is 16.6. The third-order valence-electron chi connectivity index (χ3n) is 4.97. The summed E-state index contributed by atoms with van der Waals surface area (Å²) in [5.74, 6) is -0.562. The Morgan fingerprint density at radius 3 is 2.80 bits per heavy atom. The van der Waals surface area contributed by atoms with Crippen LogP contribution in [0.5, 0.6) is 0 Å². The first-order chi connectivity index (χ1) is 14.3. The zero-order valence-corrected chi connectivity index (χ0v) is 17.4. The monoisotopic (exact) mass is 439 g/mol. The highest BCUT2D eigenvalue weighted by Crippen LogP contribution is 2.30. The molecular weight excluding hydrogens is 415 g/mol. The molecule has 9 heteroatoms. The van der Waals surface area contributed by atoms with Gasteiger partial charge in [0.1, 0.15) is 6.04 Å². The summed E-state index contributed by atoms with van der Waals surface area (Å²) in [5, 5.41) is 7.45. The van der Waals surface area contributed by atoms with E-state index in [2.05, 4.69) is 10.6 Å². The predicted molar refractivity (Wildman–Crippen MR) is 110 cm³/mol. The van der Waals surface area contributed by atoms with Crippen molar-refractivity contribution in [3.8, 4) is 0 Å². The van der Waals surface area contributed by atoms with E-state index in [1.165, 1.54) is 17.0 Å². The third kappa shape index (κ3) is 5.53. The van der Waals surface area contributed by atoms with E-state index in [1.54, 1.807) is 16.2 Å². The Balaban J connectivity index is 1.57. The summed E-state index contributed by atoms with van der Waals surface area (Å²) in [6.45, 7) is 2.87. The number of hydrogen-bond acceptors (Lipinski definition) is 4. The fourth-order valence-electron chi connectivity index (χ4n) is 3.44. The Morgan fingerprint density at radius 2 is 2.07 bits per heavy atom. The number of rotatable bonds is 7. The minimum Gasteiger partial charge on any atom is -0.376 e. The number of nitrogens with one attached hydrogen (secondary N) is 2. The second-order valence-electron chi connectivity index (χ2n) is 7.22. The summed E-state index contributed by atoms with van der Waals surface area (Å²) in [4.78, 5) is 28.4. The molecule has 1 unspecified atom stereocenters. The van der Waals surface area contributed by atoms with Crippen LogP contribution in [0.1, 0.15) is 35.8 Å². The quantitative estimate of drug-likeness (QED) is 0.684. The number of benzene rings is 1. The molecule has 0 radical (unpaired) electrons. The molecule has 1 aromatic carbocycles. The standard InChI is InChI=1S/C21H24F3N3O2S/c1-2-4-17(20(29)27-9-7-18-14(13-27)8-10-30-18)26-19(28)12-25-16-6-3-5-15(11-16)21(22,23)24/h3,5-6,8,10-11,17,25H,2,4,7,9,12-13H2,1H3,(H,26,28). The zero-order chi connectivity index (χ0) is 21.7. The van der Waals surface area contributed by atoms with Gasteiger partial charge in [-0.3, -0.25) is 9.59 Å². The lowest BCUT2D eigenvalue weighted by atomic mass is 10.1. The van der Waals surface area contributed by atoms with Crippen molar-refractivity contribution in [1.82, 2.24) is 10.2 Å². The molecule has 2 heterocycles. The van der Waals surface area contributed by atoms with Crippen LogP contribution in [0.15, 0.2) is 35.7 Å². The van der Waals surface area contributed by atoms with Crippen LogP contribution in [-0.4, -0.2) is 35.8 Å². The number of carbonyl (C=O) groups is 2. The van der Waals surface area contributed by atoms with Crippen LogP contribution in [0.3, 0.4) is 0 Å². The Morgan fingerprint density at radius 1 is 1.27 bits per heavy atom. The highest BCUT2D eigenvalue weighted by molar-refractivity contribution is 7.10. The van der Waals surface area contributed by atoms with E-state index >= 15 is 0 Å². The summed E-state index contributed by atoms with van der Waals surface area (Å²) < 4.78 is 38.4. The van der Waals surface area contributed by atoms with Gasteiger partial charge in [0.2, 0.25) is 11.8 Å². The number of nitrogens with zero attached hydrogens (tertiary/aromatic N) is 1. The lowest BCUT2D eigenvalue weighted by Gasteiger charge is -2.31. The highest BCUT2D eigenvalue weighted by Gasteiger charge is 2.31. The van der Waals surface area contributed by atoms with Gasteiger partial charge in [0.15, 0.2) is 0 Å². The summed E-state index contributed by atoms with van der Waals surface area (Å²) in [5.41, 5.74) is 0.552. The van der Waals surface area contributed by atoms with Crippen molar-refractivity contribution in [3.63, 3.8) is 0 Å². The van der Waals surface area contributed by atoms with Gasteiger partial charge in [-0.2, -0.15) is 13.2 Å². The van der Waals surface area contributed by atoms with Gasteiger partial charge in [-0.1, -0.05) is 19.4 Å². The van der Waals surface area contributed by atoms with Crippen LogP contribution < -0.4 is 10.6 Å². The molecule has 2 amide bonds. The molecule has 1 atom stereocenters. The number of alkyl halides is 3. The number of fused-ring (bicyclic) bond motifs is 1. The molecule has 30 heavy (non-hydrogen) atoms. The second kappa shape index (κ2) is 9.51. The van der Waals surface area contributed by atoms with E-state index in [0.29, 0.717) is 19.5 Å². The van der Waals surface area contributed by atoms with E-state index in [-0.39, 0.29) is 18.1 Å². The van der Waals surface area contributed by atoms with Gasteiger partial charge in [-0.15, -0.1) is 11.3 Å². The summed E-state index contributed by atoms with van der Waals surface area (Å²) in [6, 6.07) is 6.04. The minimum absolute atomic E-state index is 0.124. The van der Waals surface area contributed by atoms with Gasteiger partial charge >= 0.3 is 6.18 Å². The fourth-order valence-corrected chi connectivity index (χ4v) is 4.33. The van der Waals surface area contributed by atoms with Crippen molar-refractivity contribution in [2.24, 2.45) is 0 Å². The minimum atomic E-state index is -4.45. The Bertz CT molecular complexity index is 898. The van der Waals surface area contributed by atoms with E-state index in [9.17, 15) is 22.8 Å². The van der Waals surface area contributed by atoms with Gasteiger partial charge in [-0.05, 0) is 48.1 Å². The van der Waals surface area contributed by atoms with E-state index in [4.69, 9.17) is 0 Å². The predicted octanol–water partition coefficient (Wildman–Crippen LogP) is 4.05. The van der Waals surface area contributed by atoms with E-state index in [0.717, 1.165) is 30.5 Å². The first-order valence-electron chi connectivity index (χ1n) is 9.82. The molecule has 0 spiro atoms. The van der Waals surface area contributed by atoms with Crippen LogP contribution in [0.4, 0.5) is 18.9 Å². The Hall–Kier alpha value is -2.55. The van der Waals surface area contributed by atoms with Crippen LogP contribution in [0.2, 0.25) is 0 Å². The molecule has 5 nitrogen and oxygen atoms in total. The second-order valence-corrected chi connectivity index (χ2v) is 8.22. The average Bonchev–Trinajstić information content (AvgIpc) is 3.19. The van der Waals surface area contributed by atoms with Gasteiger partial charge in [0, 0.05) is 23.7 Å². The smallest absolute Gasteiger partial charge is 0.376 e. The SMILES string of the molecule is CCCC(NC(=O)CNc1cccc(C(F)(F)F)c1)C(=O)N1CCc2sccc2C1. The average molecular weight is 440 g/mol. The summed E-state index contributed by atoms with van der Waals surface area (Å²) in [6.07, 6.45) is -2.42. The number of thiophene rings is 1. The molecule has 0 saturated carbocycles. The Kier molecular flexibility index (Phi) is 7.02. The fraction of sp³-hybridized carbons (Fsp3) is 0.429. The van der Waals surface area contributed by atoms with Crippen LogP contribution in [-0.2, 0) is 28.7 Å². The highest BCUT2D eigenvalue weighted by atomic mass is 32.1. The molecule has 0 aliphatic carbocycles. The van der Waals surface area contributed by atoms with Crippen molar-refractivity contribution in [2.75, 3.05) is 18.4 Å². The molecule has 0 bridgehead atoms. The third-order valence-corrected chi connectivity index (χ3v) is 6.00. The molecule has 2 aromatic rings. The molecular formula is C21H24F3N3O2S. The van der Waals surface area contributed by atoms with Gasteiger partial charge in [-0.25, -0.2) is 0 Å². The molecule has 0 saturated heterocycles. The number of anilines is 1. The van der Waals surface area contributed by atoms with Crippen molar-refractivity contribution in [2.45, 2.75) is 44.9 Å². The largest absolute Gasteiger partial charge is 0.416 e. The van der Waals surface area contributed by atoms with Gasteiger partial charge in [0.25, 0.3) is 0 Å². The van der Waals surface area contributed by atoms with Crippen molar-refractivity contribution < 1.29 is 22.8 Å². The maximum atomic E-state index is 13.0. The summed E-state index contributed by atoms with van der Waals surface area (Å²) >= 11 is 1.69. The van der Waals surface area contributed by atoms with Gasteiger partial charge < -0.3 is 15.5 Å². The van der Waals surface area contributed by atoms with E-state index < -0.39 is 23.7 Å². The number of carbonyl (C=O) groups excluding carboxylic acids is 2. The number of hydrogen-bond donors (Lipinski definition) is 2. The maximum Gasteiger partial charge on any atom is 0.416 e. The van der Waals surface area contributed by atoms with Crippen molar-refractivity contribution in [1.29, 1.82) is 0 Å².